The first-order chi connectivity index (χ1) is 15.8. The summed E-state index contributed by atoms with van der Waals surface area (Å²) in [5, 5.41) is 19.3. The van der Waals surface area contributed by atoms with E-state index >= 15 is 0 Å². The Morgan fingerprint density at radius 1 is 1.39 bits per heavy atom. The van der Waals surface area contributed by atoms with E-state index < -0.39 is 11.9 Å². The summed E-state index contributed by atoms with van der Waals surface area (Å²) >= 11 is 0. The second kappa shape index (κ2) is 11.0. The van der Waals surface area contributed by atoms with E-state index in [1.54, 1.807) is 31.3 Å². The molecule has 2 aromatic rings. The van der Waals surface area contributed by atoms with Gasteiger partial charge in [0.2, 0.25) is 0 Å². The zero-order valence-corrected chi connectivity index (χ0v) is 19.5. The number of nitrogens with one attached hydrogen (secondary N) is 2. The lowest BCUT2D eigenvalue weighted by molar-refractivity contribution is -0.144. The van der Waals surface area contributed by atoms with Crippen LogP contribution in [0.2, 0.25) is 0 Å². The third-order valence-corrected chi connectivity index (χ3v) is 5.77. The monoisotopic (exact) mass is 455 g/mol. The first-order valence-electron chi connectivity index (χ1n) is 11.3. The zero-order chi connectivity index (χ0) is 24.0. The fourth-order valence-electron chi connectivity index (χ4n) is 4.24. The van der Waals surface area contributed by atoms with Gasteiger partial charge in [0, 0.05) is 29.4 Å². The molecule has 1 aliphatic heterocycles. The van der Waals surface area contributed by atoms with Crippen molar-refractivity contribution in [2.45, 2.75) is 45.7 Å². The van der Waals surface area contributed by atoms with E-state index in [-0.39, 0.29) is 18.3 Å². The maximum absolute atomic E-state index is 12.7. The SMILES string of the molecule is CCOC(=O)Cn1cc(-c2ccc(C(=N)C(=O)NC(C)CC3CCCN(C)C3)c(N)c2)nn1. The number of benzene rings is 1. The maximum atomic E-state index is 12.7. The van der Waals surface area contributed by atoms with Crippen molar-refractivity contribution in [3.8, 4) is 11.3 Å². The van der Waals surface area contributed by atoms with Crippen LogP contribution in [0.5, 0.6) is 0 Å². The third-order valence-electron chi connectivity index (χ3n) is 5.77. The van der Waals surface area contributed by atoms with Gasteiger partial charge in [0.05, 0.1) is 12.8 Å². The molecule has 4 N–H and O–H groups in total. The molecule has 2 unspecified atom stereocenters. The van der Waals surface area contributed by atoms with E-state index in [1.807, 2.05) is 6.92 Å². The number of nitrogens with two attached hydrogens (primary N) is 1. The molecule has 2 heterocycles. The predicted octanol–water partition coefficient (Wildman–Crippen LogP) is 1.69. The molecule has 10 heteroatoms. The van der Waals surface area contributed by atoms with Crippen LogP contribution in [0.3, 0.4) is 0 Å². The minimum atomic E-state index is -0.438. The summed E-state index contributed by atoms with van der Waals surface area (Å²) in [5.74, 6) is -0.283. The van der Waals surface area contributed by atoms with Gasteiger partial charge in [0.1, 0.15) is 18.0 Å². The van der Waals surface area contributed by atoms with E-state index in [0.29, 0.717) is 35.0 Å². The highest BCUT2D eigenvalue weighted by Gasteiger charge is 2.22. The quantitative estimate of drug-likeness (QED) is 0.297. The number of esters is 1. The molecule has 0 radical (unpaired) electrons. The average molecular weight is 456 g/mol. The molecule has 10 nitrogen and oxygen atoms in total. The highest BCUT2D eigenvalue weighted by atomic mass is 16.5. The predicted molar refractivity (Wildman–Crippen MR) is 126 cm³/mol. The number of carbonyl (C=O) groups is 2. The summed E-state index contributed by atoms with van der Waals surface area (Å²) in [5.41, 5.74) is 7.86. The maximum Gasteiger partial charge on any atom is 0.327 e. The highest BCUT2D eigenvalue weighted by molar-refractivity contribution is 6.45. The van der Waals surface area contributed by atoms with Gasteiger partial charge in [-0.3, -0.25) is 15.0 Å². The van der Waals surface area contributed by atoms with Gasteiger partial charge in [-0.15, -0.1) is 5.10 Å². The van der Waals surface area contributed by atoms with E-state index in [4.69, 9.17) is 15.9 Å². The van der Waals surface area contributed by atoms with Gasteiger partial charge in [-0.1, -0.05) is 11.3 Å². The van der Waals surface area contributed by atoms with Crippen molar-refractivity contribution in [2.75, 3.05) is 32.5 Å². The van der Waals surface area contributed by atoms with Gasteiger partial charge in [-0.25, -0.2) is 4.68 Å². The average Bonchev–Trinajstić information content (AvgIpc) is 3.21. The van der Waals surface area contributed by atoms with Crippen LogP contribution in [0, 0.1) is 11.3 Å². The fraction of sp³-hybridized carbons (Fsp3) is 0.522. The van der Waals surface area contributed by atoms with Gasteiger partial charge in [0.15, 0.2) is 0 Å². The molecule has 3 rings (SSSR count). The topological polar surface area (TPSA) is 139 Å². The van der Waals surface area contributed by atoms with E-state index in [2.05, 4.69) is 27.6 Å². The van der Waals surface area contributed by atoms with Crippen LogP contribution in [-0.4, -0.2) is 70.3 Å². The Bertz CT molecular complexity index is 1000. The number of hydrogen-bond acceptors (Lipinski definition) is 8. The van der Waals surface area contributed by atoms with Crippen LogP contribution < -0.4 is 11.1 Å². The molecule has 1 aliphatic rings. The van der Waals surface area contributed by atoms with Crippen LogP contribution in [0.25, 0.3) is 11.3 Å². The molecule has 1 aromatic heterocycles. The Labute approximate surface area is 194 Å². The molecule has 1 fully saturated rings. The molecular weight excluding hydrogens is 422 g/mol. The van der Waals surface area contributed by atoms with E-state index in [9.17, 15) is 9.59 Å². The molecular formula is C23H33N7O3. The zero-order valence-electron chi connectivity index (χ0n) is 19.5. The van der Waals surface area contributed by atoms with Crippen molar-refractivity contribution in [3.63, 3.8) is 0 Å². The van der Waals surface area contributed by atoms with Crippen LogP contribution >= 0.6 is 0 Å². The lowest BCUT2D eigenvalue weighted by Gasteiger charge is -2.31. The molecule has 1 saturated heterocycles. The van der Waals surface area contributed by atoms with Crippen molar-refractivity contribution in [1.82, 2.24) is 25.2 Å². The molecule has 1 amide bonds. The number of amides is 1. The smallest absolute Gasteiger partial charge is 0.327 e. The summed E-state index contributed by atoms with van der Waals surface area (Å²) in [6.45, 7) is 6.15. The number of likely N-dealkylation sites (tertiary alicyclic amines) is 1. The van der Waals surface area contributed by atoms with Crippen LogP contribution in [-0.2, 0) is 20.9 Å². The molecule has 33 heavy (non-hydrogen) atoms. The Hall–Kier alpha value is -3.27. The van der Waals surface area contributed by atoms with Crippen LogP contribution in [0.1, 0.15) is 38.7 Å². The Kier molecular flexibility index (Phi) is 8.16. The molecule has 178 valence electrons. The number of hydrogen-bond donors (Lipinski definition) is 3. The summed E-state index contributed by atoms with van der Waals surface area (Å²) < 4.78 is 6.30. The molecule has 2 atom stereocenters. The number of rotatable bonds is 9. The number of nitrogen functional groups attached to an aromatic ring is 1. The number of aromatic nitrogens is 3. The van der Waals surface area contributed by atoms with Crippen LogP contribution in [0.15, 0.2) is 24.4 Å². The van der Waals surface area contributed by atoms with Gasteiger partial charge < -0.3 is 20.7 Å². The minimum Gasteiger partial charge on any atom is -0.465 e. The third kappa shape index (κ3) is 6.61. The van der Waals surface area contributed by atoms with Crippen LogP contribution in [0.4, 0.5) is 5.69 Å². The van der Waals surface area contributed by atoms with Gasteiger partial charge >= 0.3 is 5.97 Å². The summed E-state index contributed by atoms with van der Waals surface area (Å²) in [6, 6.07) is 4.99. The number of ether oxygens (including phenoxy) is 1. The van der Waals surface area contributed by atoms with Gasteiger partial charge in [-0.05, 0) is 64.8 Å². The fourth-order valence-corrected chi connectivity index (χ4v) is 4.24. The summed E-state index contributed by atoms with van der Waals surface area (Å²) in [7, 11) is 2.12. The van der Waals surface area contributed by atoms with Gasteiger partial charge in [-0.2, -0.15) is 0 Å². The lowest BCUT2D eigenvalue weighted by Crippen LogP contribution is -2.41. The molecule has 0 spiro atoms. The van der Waals surface area contributed by atoms with Crippen molar-refractivity contribution in [1.29, 1.82) is 5.41 Å². The second-order valence-corrected chi connectivity index (χ2v) is 8.66. The van der Waals surface area contributed by atoms with Crippen molar-refractivity contribution in [2.24, 2.45) is 5.92 Å². The summed E-state index contributed by atoms with van der Waals surface area (Å²) in [6.07, 6.45) is 4.85. The largest absolute Gasteiger partial charge is 0.465 e. The summed E-state index contributed by atoms with van der Waals surface area (Å²) in [4.78, 5) is 26.6. The molecule has 0 bridgehead atoms. The number of piperidine rings is 1. The first-order valence-corrected chi connectivity index (χ1v) is 11.3. The minimum absolute atomic E-state index is 0.0238. The van der Waals surface area contributed by atoms with Crippen molar-refractivity contribution in [3.05, 3.63) is 30.0 Å². The lowest BCUT2D eigenvalue weighted by atomic mass is 9.92. The van der Waals surface area contributed by atoms with E-state index in [0.717, 1.165) is 19.5 Å². The Morgan fingerprint density at radius 2 is 2.18 bits per heavy atom. The van der Waals surface area contributed by atoms with Crippen molar-refractivity contribution < 1.29 is 14.3 Å². The number of nitrogens with zero attached hydrogens (tertiary/aromatic N) is 4. The number of anilines is 1. The number of carbonyl (C=O) groups excluding carboxylic acids is 2. The van der Waals surface area contributed by atoms with Crippen molar-refractivity contribution >= 4 is 23.3 Å². The Balaban J connectivity index is 1.60. The second-order valence-electron chi connectivity index (χ2n) is 8.66. The molecule has 1 aromatic carbocycles. The Morgan fingerprint density at radius 3 is 2.88 bits per heavy atom. The van der Waals surface area contributed by atoms with E-state index in [1.165, 1.54) is 17.5 Å². The van der Waals surface area contributed by atoms with Gasteiger partial charge in [0.25, 0.3) is 5.91 Å². The normalized spacial score (nSPS) is 17.4. The highest BCUT2D eigenvalue weighted by Crippen LogP contribution is 2.23. The molecule has 0 aliphatic carbocycles. The first kappa shape index (κ1) is 24.4. The molecule has 0 saturated carbocycles. The standard InChI is InChI=1S/C23H33N7O3/c1-4-33-21(31)14-30-13-20(27-28-30)17-7-8-18(19(24)11-17)22(25)23(32)26-15(2)10-16-6-5-9-29(3)12-16/h7-8,11,13,15-16,25H,4-6,9-10,12,14,24H2,1-3H3,(H,26,32).